The van der Waals surface area contributed by atoms with Crippen LogP contribution in [0.25, 0.3) is 72.4 Å². The molecule has 0 bridgehead atoms. The molecule has 0 fully saturated rings. The minimum absolute atomic E-state index is 0.543. The van der Waals surface area contributed by atoms with Crippen molar-refractivity contribution in [2.75, 3.05) is 0 Å². The number of hydrogen-bond acceptors (Lipinski definition) is 4. The Morgan fingerprint density at radius 2 is 1.09 bits per heavy atom. The third-order valence-electron chi connectivity index (χ3n) is 7.89. The molecule has 6 heteroatoms. The summed E-state index contributed by atoms with van der Waals surface area (Å²) in [4.78, 5) is 14.9. The first-order chi connectivity index (χ1) is 21.6. The molecule has 0 atom stereocenters. The van der Waals surface area contributed by atoms with E-state index in [1.54, 1.807) is 12.1 Å². The summed E-state index contributed by atoms with van der Waals surface area (Å²) in [6, 6.07) is 47.3. The molecule has 0 radical (unpaired) electrons. The lowest BCUT2D eigenvalue weighted by Crippen LogP contribution is -2.01. The fourth-order valence-corrected chi connectivity index (χ4v) is 6.30. The van der Waals surface area contributed by atoms with Crippen molar-refractivity contribution in [1.82, 2.24) is 19.5 Å². The summed E-state index contributed by atoms with van der Waals surface area (Å²) < 4.78 is 3.20. The average molecular weight is 629 g/mol. The number of nitrogens with zero attached hydrogens (tertiary/aromatic N) is 5. The molecule has 0 aliphatic rings. The molecular formula is C38H22BrN5. The Bertz CT molecular complexity index is 2370. The highest BCUT2D eigenvalue weighted by Gasteiger charge is 2.17. The number of fused-ring (bicyclic) bond motifs is 4. The van der Waals surface area contributed by atoms with Crippen LogP contribution in [0.2, 0.25) is 0 Å². The molecule has 5 nitrogen and oxygen atoms in total. The highest BCUT2D eigenvalue weighted by Crippen LogP contribution is 2.35. The van der Waals surface area contributed by atoms with Crippen LogP contribution in [0.4, 0.5) is 0 Å². The molecule has 0 unspecified atom stereocenters. The maximum absolute atomic E-state index is 9.34. The molecule has 0 saturated heterocycles. The van der Waals surface area contributed by atoms with Crippen LogP contribution in [0, 0.1) is 11.3 Å². The van der Waals surface area contributed by atoms with Gasteiger partial charge in [0.15, 0.2) is 17.5 Å². The van der Waals surface area contributed by atoms with E-state index in [-0.39, 0.29) is 0 Å². The van der Waals surface area contributed by atoms with E-state index in [4.69, 9.17) is 15.0 Å². The first kappa shape index (κ1) is 26.0. The number of aromatic nitrogens is 4. The van der Waals surface area contributed by atoms with Crippen molar-refractivity contribution in [2.24, 2.45) is 0 Å². The molecule has 8 aromatic rings. The lowest BCUT2D eigenvalue weighted by atomic mass is 10.1. The van der Waals surface area contributed by atoms with E-state index in [1.165, 1.54) is 10.8 Å². The van der Waals surface area contributed by atoms with Crippen molar-refractivity contribution in [3.8, 4) is 45.9 Å². The summed E-state index contributed by atoms with van der Waals surface area (Å²) >= 11 is 3.78. The fourth-order valence-electron chi connectivity index (χ4n) is 5.82. The molecule has 2 heterocycles. The van der Waals surface area contributed by atoms with Gasteiger partial charge in [-0.3, -0.25) is 0 Å². The number of benzene rings is 6. The van der Waals surface area contributed by atoms with Crippen LogP contribution in [0.15, 0.2) is 138 Å². The average Bonchev–Trinajstić information content (AvgIpc) is 3.42. The quantitative estimate of drug-likeness (QED) is 0.195. The largest absolute Gasteiger partial charge is 0.309 e. The zero-order chi connectivity index (χ0) is 29.6. The first-order valence-electron chi connectivity index (χ1n) is 14.2. The maximum Gasteiger partial charge on any atom is 0.164 e. The number of para-hydroxylation sites is 2. The lowest BCUT2D eigenvalue weighted by Gasteiger charge is -2.13. The van der Waals surface area contributed by atoms with Crippen molar-refractivity contribution in [1.29, 1.82) is 5.26 Å². The molecule has 8 rings (SSSR count). The molecule has 0 saturated carbocycles. The van der Waals surface area contributed by atoms with Crippen molar-refractivity contribution < 1.29 is 0 Å². The summed E-state index contributed by atoms with van der Waals surface area (Å²) in [5, 5.41) is 14.0. The van der Waals surface area contributed by atoms with Crippen LogP contribution in [0.5, 0.6) is 0 Å². The summed E-state index contributed by atoms with van der Waals surface area (Å²) in [5.74, 6) is 1.69. The Labute approximate surface area is 261 Å². The van der Waals surface area contributed by atoms with Gasteiger partial charge >= 0.3 is 0 Å². The van der Waals surface area contributed by atoms with E-state index < -0.39 is 0 Å². The van der Waals surface area contributed by atoms with Crippen molar-refractivity contribution in [2.45, 2.75) is 0 Å². The van der Waals surface area contributed by atoms with Crippen molar-refractivity contribution in [3.63, 3.8) is 0 Å². The third kappa shape index (κ3) is 4.51. The van der Waals surface area contributed by atoms with Gasteiger partial charge in [0.25, 0.3) is 0 Å². The van der Waals surface area contributed by atoms with Crippen molar-refractivity contribution >= 4 is 48.5 Å². The van der Waals surface area contributed by atoms with E-state index in [9.17, 15) is 5.26 Å². The van der Waals surface area contributed by atoms with E-state index >= 15 is 0 Å². The standard InChI is InChI=1S/C38H22BrN5/c39-30-20-29(21-31(22-30)44-34-11-5-3-9-32(34)33-10-4-6-12-35(33)44)38-42-36(26-15-13-24(23-40)14-16-26)41-37(43-38)28-18-17-25-7-1-2-8-27(25)19-28/h1-22H. The Morgan fingerprint density at radius 3 is 1.77 bits per heavy atom. The normalized spacial score (nSPS) is 11.3. The van der Waals surface area contributed by atoms with Gasteiger partial charge < -0.3 is 4.57 Å². The Hall–Kier alpha value is -5.64. The third-order valence-corrected chi connectivity index (χ3v) is 8.35. The van der Waals surface area contributed by atoms with Crippen LogP contribution in [0.3, 0.4) is 0 Å². The second-order valence-electron chi connectivity index (χ2n) is 10.6. The predicted octanol–water partition coefficient (Wildman–Crippen LogP) is 9.76. The number of hydrogen-bond donors (Lipinski definition) is 0. The topological polar surface area (TPSA) is 67.4 Å². The van der Waals surface area contributed by atoms with Gasteiger partial charge in [0.2, 0.25) is 0 Å². The van der Waals surface area contributed by atoms with Gasteiger partial charge in [0.05, 0.1) is 22.7 Å². The molecule has 0 spiro atoms. The molecule has 0 aliphatic heterocycles. The van der Waals surface area contributed by atoms with Gasteiger partial charge in [-0.2, -0.15) is 5.26 Å². The summed E-state index contributed by atoms with van der Waals surface area (Å²) in [5.41, 5.74) is 6.41. The summed E-state index contributed by atoms with van der Waals surface area (Å²) in [6.45, 7) is 0. The molecular weight excluding hydrogens is 606 g/mol. The van der Waals surface area contributed by atoms with E-state index in [2.05, 4.69) is 118 Å². The zero-order valence-electron chi connectivity index (χ0n) is 23.3. The molecule has 44 heavy (non-hydrogen) atoms. The minimum atomic E-state index is 0.543. The van der Waals surface area contributed by atoms with Gasteiger partial charge in [0.1, 0.15) is 0 Å². The molecule has 0 N–H and O–H groups in total. The number of halogens is 1. The molecule has 206 valence electrons. The van der Waals surface area contributed by atoms with Crippen LogP contribution in [-0.4, -0.2) is 19.5 Å². The highest BCUT2D eigenvalue weighted by atomic mass is 79.9. The van der Waals surface area contributed by atoms with Crippen LogP contribution >= 0.6 is 15.9 Å². The van der Waals surface area contributed by atoms with Crippen LogP contribution in [0.1, 0.15) is 5.56 Å². The lowest BCUT2D eigenvalue weighted by molar-refractivity contribution is 1.07. The molecule has 6 aromatic carbocycles. The van der Waals surface area contributed by atoms with E-state index in [1.807, 2.05) is 30.3 Å². The maximum atomic E-state index is 9.34. The number of nitriles is 1. The first-order valence-corrected chi connectivity index (χ1v) is 15.0. The predicted molar refractivity (Wildman–Crippen MR) is 180 cm³/mol. The second kappa shape index (κ2) is 10.6. The Balaban J connectivity index is 1.35. The van der Waals surface area contributed by atoms with Gasteiger partial charge in [-0.05, 0) is 71.4 Å². The minimum Gasteiger partial charge on any atom is -0.309 e. The Kier molecular flexibility index (Phi) is 6.25. The smallest absolute Gasteiger partial charge is 0.164 e. The van der Waals surface area contributed by atoms with Gasteiger partial charge in [0, 0.05) is 37.6 Å². The zero-order valence-corrected chi connectivity index (χ0v) is 24.9. The number of rotatable bonds is 4. The van der Waals surface area contributed by atoms with Crippen molar-refractivity contribution in [3.05, 3.63) is 143 Å². The second-order valence-corrected chi connectivity index (χ2v) is 11.5. The van der Waals surface area contributed by atoms with E-state index in [0.29, 0.717) is 23.0 Å². The van der Waals surface area contributed by atoms with Crippen LogP contribution in [-0.2, 0) is 0 Å². The van der Waals surface area contributed by atoms with E-state index in [0.717, 1.165) is 48.7 Å². The van der Waals surface area contributed by atoms with Gasteiger partial charge in [-0.25, -0.2) is 15.0 Å². The molecule has 0 amide bonds. The molecule has 0 aliphatic carbocycles. The fraction of sp³-hybridized carbons (Fsp3) is 0. The monoisotopic (exact) mass is 627 g/mol. The SMILES string of the molecule is N#Cc1ccc(-c2nc(-c3cc(Br)cc(-n4c5ccccc5c5ccccc54)c3)nc(-c3ccc4ccccc4c3)n2)cc1. The van der Waals surface area contributed by atoms with Crippen LogP contribution < -0.4 is 0 Å². The van der Waals surface area contributed by atoms with Gasteiger partial charge in [-0.1, -0.05) is 88.7 Å². The Morgan fingerprint density at radius 1 is 0.523 bits per heavy atom. The summed E-state index contributed by atoms with van der Waals surface area (Å²) in [6.07, 6.45) is 0. The molecule has 2 aromatic heterocycles. The highest BCUT2D eigenvalue weighted by molar-refractivity contribution is 9.10. The summed E-state index contributed by atoms with van der Waals surface area (Å²) in [7, 11) is 0. The van der Waals surface area contributed by atoms with Gasteiger partial charge in [-0.15, -0.1) is 0 Å².